The van der Waals surface area contributed by atoms with Gasteiger partial charge in [-0.1, -0.05) is 12.8 Å². The molecule has 0 atom stereocenters. The van der Waals surface area contributed by atoms with E-state index >= 15 is 0 Å². The van der Waals surface area contributed by atoms with Gasteiger partial charge in [-0.05, 0) is 18.9 Å². The Labute approximate surface area is 111 Å². The largest absolute Gasteiger partial charge is 0.481 e. The molecule has 2 heterocycles. The molecule has 0 aliphatic heterocycles. The second-order valence-electron chi connectivity index (χ2n) is 5.42. The molecule has 5 heteroatoms. The van der Waals surface area contributed by atoms with E-state index < -0.39 is 11.4 Å². The van der Waals surface area contributed by atoms with Crippen molar-refractivity contribution < 1.29 is 9.90 Å². The highest BCUT2D eigenvalue weighted by atomic mass is 16.4. The molecule has 1 aliphatic carbocycles. The number of carboxylic acid groups (broad SMARTS) is 1. The highest BCUT2D eigenvalue weighted by molar-refractivity contribution is 5.77. The van der Waals surface area contributed by atoms with E-state index in [1.807, 2.05) is 17.7 Å². The average Bonchev–Trinajstić information content (AvgIpc) is 2.98. The number of carboxylic acids is 1. The molecule has 1 fully saturated rings. The van der Waals surface area contributed by atoms with E-state index in [2.05, 4.69) is 9.97 Å². The van der Waals surface area contributed by atoms with Gasteiger partial charge in [0.15, 0.2) is 0 Å². The molecule has 0 bridgehead atoms. The molecular weight excluding hydrogens is 242 g/mol. The summed E-state index contributed by atoms with van der Waals surface area (Å²) in [4.78, 5) is 20.3. The third-order valence-electron chi connectivity index (χ3n) is 4.29. The normalized spacial score (nSPS) is 17.9. The molecule has 19 heavy (non-hydrogen) atoms. The second kappa shape index (κ2) is 4.33. The van der Waals surface area contributed by atoms with Gasteiger partial charge in [0.25, 0.3) is 0 Å². The zero-order valence-corrected chi connectivity index (χ0v) is 11.0. The number of carbonyl (C=O) groups is 1. The van der Waals surface area contributed by atoms with Gasteiger partial charge in [-0.3, -0.25) is 9.78 Å². The minimum atomic E-state index is -0.685. The van der Waals surface area contributed by atoms with E-state index in [9.17, 15) is 9.90 Å². The van der Waals surface area contributed by atoms with Crippen molar-refractivity contribution in [3.8, 4) is 0 Å². The van der Waals surface area contributed by atoms with Crippen LogP contribution in [0.3, 0.4) is 0 Å². The third kappa shape index (κ3) is 1.89. The summed E-state index contributed by atoms with van der Waals surface area (Å²) in [5.41, 5.74) is 1.21. The van der Waals surface area contributed by atoms with Crippen LogP contribution >= 0.6 is 0 Å². The van der Waals surface area contributed by atoms with Crippen molar-refractivity contribution in [3.63, 3.8) is 0 Å². The number of hydrogen-bond acceptors (Lipinski definition) is 3. The average molecular weight is 259 g/mol. The Morgan fingerprint density at radius 2 is 2.21 bits per heavy atom. The number of imidazole rings is 1. The first-order chi connectivity index (χ1) is 9.12. The van der Waals surface area contributed by atoms with Crippen molar-refractivity contribution in [2.24, 2.45) is 12.5 Å². The predicted molar refractivity (Wildman–Crippen MR) is 70.7 cm³/mol. The molecule has 0 saturated heterocycles. The van der Waals surface area contributed by atoms with E-state index in [-0.39, 0.29) is 0 Å². The van der Waals surface area contributed by atoms with Gasteiger partial charge >= 0.3 is 5.97 Å². The summed E-state index contributed by atoms with van der Waals surface area (Å²) in [6, 6.07) is 1.86. The summed E-state index contributed by atoms with van der Waals surface area (Å²) in [6.07, 6.45) is 7.49. The Morgan fingerprint density at radius 1 is 1.47 bits per heavy atom. The highest BCUT2D eigenvalue weighted by Gasteiger charge is 2.42. The lowest BCUT2D eigenvalue weighted by Gasteiger charge is -2.23. The number of fused-ring (bicyclic) bond motifs is 1. The van der Waals surface area contributed by atoms with Crippen molar-refractivity contribution in [2.75, 3.05) is 0 Å². The van der Waals surface area contributed by atoms with Gasteiger partial charge in [0, 0.05) is 19.7 Å². The van der Waals surface area contributed by atoms with E-state index in [1.54, 1.807) is 12.4 Å². The Bertz CT molecular complexity index is 627. The molecule has 0 spiro atoms. The van der Waals surface area contributed by atoms with E-state index in [0.29, 0.717) is 6.42 Å². The monoisotopic (exact) mass is 259 g/mol. The minimum Gasteiger partial charge on any atom is -0.481 e. The molecule has 3 rings (SSSR count). The van der Waals surface area contributed by atoms with E-state index in [1.165, 1.54) is 0 Å². The van der Waals surface area contributed by atoms with E-state index in [0.717, 1.165) is 42.5 Å². The zero-order valence-electron chi connectivity index (χ0n) is 11.0. The molecule has 5 nitrogen and oxygen atoms in total. The molecule has 0 radical (unpaired) electrons. The first kappa shape index (κ1) is 12.1. The lowest BCUT2D eigenvalue weighted by atomic mass is 9.82. The van der Waals surface area contributed by atoms with Crippen LogP contribution in [0.1, 0.15) is 31.5 Å². The lowest BCUT2D eigenvalue weighted by molar-refractivity contribution is -0.148. The number of aliphatic carboxylic acids is 1. The van der Waals surface area contributed by atoms with Crippen LogP contribution in [-0.4, -0.2) is 25.6 Å². The fraction of sp³-hybridized carbons (Fsp3) is 0.500. The van der Waals surface area contributed by atoms with Crippen molar-refractivity contribution in [2.45, 2.75) is 32.1 Å². The van der Waals surface area contributed by atoms with Crippen LogP contribution in [0.2, 0.25) is 0 Å². The minimum absolute atomic E-state index is 0.507. The summed E-state index contributed by atoms with van der Waals surface area (Å²) in [6.45, 7) is 0. The molecule has 2 aromatic rings. The van der Waals surface area contributed by atoms with Crippen LogP contribution in [0.25, 0.3) is 11.0 Å². The van der Waals surface area contributed by atoms with Gasteiger partial charge in [-0.15, -0.1) is 0 Å². The van der Waals surface area contributed by atoms with Crippen LogP contribution in [0.4, 0.5) is 0 Å². The fourth-order valence-electron chi connectivity index (χ4n) is 3.06. The smallest absolute Gasteiger partial charge is 0.310 e. The van der Waals surface area contributed by atoms with Crippen molar-refractivity contribution in [3.05, 3.63) is 24.3 Å². The maximum absolute atomic E-state index is 11.6. The molecule has 2 aromatic heterocycles. The van der Waals surface area contributed by atoms with Crippen LogP contribution in [0.15, 0.2) is 18.5 Å². The van der Waals surface area contributed by atoms with Crippen LogP contribution in [0, 0.1) is 5.41 Å². The zero-order chi connectivity index (χ0) is 13.5. The molecule has 0 amide bonds. The van der Waals surface area contributed by atoms with Gasteiger partial charge in [0.05, 0.1) is 22.6 Å². The molecule has 1 aliphatic rings. The van der Waals surface area contributed by atoms with Gasteiger partial charge in [-0.25, -0.2) is 4.98 Å². The number of aromatic nitrogens is 3. The van der Waals surface area contributed by atoms with Crippen molar-refractivity contribution in [1.82, 2.24) is 14.5 Å². The molecular formula is C14H17N3O2. The fourth-order valence-corrected chi connectivity index (χ4v) is 3.06. The molecule has 1 N–H and O–H groups in total. The Balaban J connectivity index is 2.01. The predicted octanol–water partition coefficient (Wildman–Crippen LogP) is 2.16. The highest BCUT2D eigenvalue weighted by Crippen LogP contribution is 2.41. The van der Waals surface area contributed by atoms with Gasteiger partial charge in [0.2, 0.25) is 0 Å². The molecule has 0 aromatic carbocycles. The number of pyridine rings is 1. The molecule has 100 valence electrons. The van der Waals surface area contributed by atoms with Crippen LogP contribution in [0.5, 0.6) is 0 Å². The summed E-state index contributed by atoms with van der Waals surface area (Å²) in [5.74, 6) is 0.155. The summed E-state index contributed by atoms with van der Waals surface area (Å²) >= 11 is 0. The summed E-state index contributed by atoms with van der Waals surface area (Å²) in [7, 11) is 1.93. The first-order valence-corrected chi connectivity index (χ1v) is 6.61. The number of nitrogens with zero attached hydrogens (tertiary/aromatic N) is 3. The van der Waals surface area contributed by atoms with Crippen LogP contribution < -0.4 is 0 Å². The standard InChI is InChI=1S/C14H17N3O2/c1-17-11-9-15-7-4-10(11)16-12(17)8-14(13(18)19)5-2-3-6-14/h4,7,9H,2-3,5-6,8H2,1H3,(H,18,19). The van der Waals surface area contributed by atoms with Crippen molar-refractivity contribution >= 4 is 17.0 Å². The second-order valence-corrected chi connectivity index (χ2v) is 5.42. The quantitative estimate of drug-likeness (QED) is 0.917. The Morgan fingerprint density at radius 3 is 2.84 bits per heavy atom. The van der Waals surface area contributed by atoms with Crippen molar-refractivity contribution in [1.29, 1.82) is 0 Å². The Kier molecular flexibility index (Phi) is 2.77. The summed E-state index contributed by atoms with van der Waals surface area (Å²) in [5, 5.41) is 9.54. The molecule has 1 saturated carbocycles. The van der Waals surface area contributed by atoms with Crippen LogP contribution in [-0.2, 0) is 18.3 Å². The van der Waals surface area contributed by atoms with E-state index in [4.69, 9.17) is 0 Å². The maximum atomic E-state index is 11.6. The van der Waals surface area contributed by atoms with Gasteiger partial charge < -0.3 is 9.67 Å². The summed E-state index contributed by atoms with van der Waals surface area (Å²) < 4.78 is 1.96. The number of rotatable bonds is 3. The SMILES string of the molecule is Cn1c(CC2(C(=O)O)CCCC2)nc2ccncc21. The third-order valence-corrected chi connectivity index (χ3v) is 4.29. The Hall–Kier alpha value is -1.91. The number of aryl methyl sites for hydroxylation is 1. The topological polar surface area (TPSA) is 68.0 Å². The lowest BCUT2D eigenvalue weighted by Crippen LogP contribution is -2.31. The number of hydrogen-bond donors (Lipinski definition) is 1. The maximum Gasteiger partial charge on any atom is 0.310 e. The van der Waals surface area contributed by atoms with Gasteiger partial charge in [-0.2, -0.15) is 0 Å². The molecule has 0 unspecified atom stereocenters. The van der Waals surface area contributed by atoms with Gasteiger partial charge in [0.1, 0.15) is 5.82 Å². The first-order valence-electron chi connectivity index (χ1n) is 6.61.